The zero-order valence-electron chi connectivity index (χ0n) is 28.9. The summed E-state index contributed by atoms with van der Waals surface area (Å²) in [5.41, 5.74) is -0.382. The maximum absolute atomic E-state index is 14.4. The van der Waals surface area contributed by atoms with E-state index in [4.69, 9.17) is 25.8 Å². The van der Waals surface area contributed by atoms with Crippen molar-refractivity contribution in [2.45, 2.75) is 102 Å². The van der Waals surface area contributed by atoms with Crippen molar-refractivity contribution in [3.8, 4) is 11.5 Å². The van der Waals surface area contributed by atoms with Gasteiger partial charge in [-0.25, -0.2) is 9.59 Å². The number of carbonyl (C=O) groups excluding carboxylic acids is 4. The number of halogens is 1. The van der Waals surface area contributed by atoms with Crippen LogP contribution in [0, 0.1) is 5.92 Å². The highest BCUT2D eigenvalue weighted by Crippen LogP contribution is 2.45. The third kappa shape index (κ3) is 9.88. The number of benzene rings is 2. The third-order valence-electron chi connectivity index (χ3n) is 8.60. The van der Waals surface area contributed by atoms with Crippen molar-refractivity contribution >= 4 is 35.5 Å². The number of carbonyl (C=O) groups is 4. The first-order valence-corrected chi connectivity index (χ1v) is 17.3. The first kappa shape index (κ1) is 37.5. The minimum Gasteiger partial charge on any atom is -0.464 e. The van der Waals surface area contributed by atoms with Crippen molar-refractivity contribution < 1.29 is 33.4 Å². The Morgan fingerprint density at radius 3 is 2.47 bits per heavy atom. The van der Waals surface area contributed by atoms with Crippen molar-refractivity contribution in [2.24, 2.45) is 5.92 Å². The van der Waals surface area contributed by atoms with Gasteiger partial charge in [0, 0.05) is 23.9 Å². The number of nitrogens with one attached hydrogen (secondary N) is 2. The molecule has 1 heterocycles. The molecule has 2 aromatic rings. The van der Waals surface area contributed by atoms with Crippen LogP contribution in [0.15, 0.2) is 67.8 Å². The standard InChI is InChI=1S/C38H48ClN3O7/c1-7-10-11-12-13-17-31(40-36(46)49-37(4,5)6)34(44)42-24-25-18-19-30(48-29-16-14-15-28(39)22-29)20-26(25)21-32(42)33(43)41-38(23-27(38)8-2)35(45)47-9-3/h7-8,14-16,18-20,22,27,31-32H,1-2,9-13,17,21,23-24H2,3-6H3,(H,40,46)(H,41,43)/t27-,31+,32?,38-/m1/s1. The molecular weight excluding hydrogens is 646 g/mol. The Morgan fingerprint density at radius 1 is 1.06 bits per heavy atom. The minimum atomic E-state index is -1.25. The molecule has 1 aliphatic carbocycles. The number of fused-ring (bicyclic) bond motifs is 1. The van der Waals surface area contributed by atoms with Crippen molar-refractivity contribution in [3.05, 3.63) is 83.9 Å². The minimum absolute atomic E-state index is 0.101. The Labute approximate surface area is 294 Å². The Balaban J connectivity index is 1.66. The Kier molecular flexibility index (Phi) is 12.5. The van der Waals surface area contributed by atoms with E-state index in [-0.39, 0.29) is 25.5 Å². The molecule has 1 saturated carbocycles. The molecule has 1 fully saturated rings. The lowest BCUT2D eigenvalue weighted by molar-refractivity contribution is -0.151. The summed E-state index contributed by atoms with van der Waals surface area (Å²) in [4.78, 5) is 56.1. The van der Waals surface area contributed by atoms with Gasteiger partial charge in [-0.05, 0) is 94.8 Å². The van der Waals surface area contributed by atoms with Crippen LogP contribution < -0.4 is 15.4 Å². The molecule has 3 amide bonds. The summed E-state index contributed by atoms with van der Waals surface area (Å²) in [5.74, 6) is -0.658. The summed E-state index contributed by atoms with van der Waals surface area (Å²) in [6.45, 7) is 14.8. The van der Waals surface area contributed by atoms with Crippen LogP contribution in [0.2, 0.25) is 5.02 Å². The van der Waals surface area contributed by atoms with Crippen LogP contribution in [0.3, 0.4) is 0 Å². The number of amides is 3. The van der Waals surface area contributed by atoms with Crippen LogP contribution in [-0.4, -0.2) is 58.6 Å². The van der Waals surface area contributed by atoms with E-state index in [9.17, 15) is 19.2 Å². The molecule has 2 N–H and O–H groups in total. The second-order valence-electron chi connectivity index (χ2n) is 13.5. The largest absolute Gasteiger partial charge is 0.464 e. The highest BCUT2D eigenvalue weighted by Gasteiger charge is 2.61. The van der Waals surface area contributed by atoms with Gasteiger partial charge in [0.2, 0.25) is 11.8 Å². The fourth-order valence-electron chi connectivity index (χ4n) is 6.04. The molecule has 4 atom stereocenters. The van der Waals surface area contributed by atoms with E-state index in [1.54, 1.807) is 64.1 Å². The predicted molar refractivity (Wildman–Crippen MR) is 188 cm³/mol. The van der Waals surface area contributed by atoms with Crippen LogP contribution in [0.25, 0.3) is 0 Å². The molecule has 49 heavy (non-hydrogen) atoms. The normalized spacial score (nSPS) is 20.2. The quantitative estimate of drug-likeness (QED) is 0.117. The number of hydrogen-bond donors (Lipinski definition) is 2. The number of esters is 1. The molecule has 10 nitrogen and oxygen atoms in total. The molecule has 0 radical (unpaired) electrons. The molecule has 0 bridgehead atoms. The molecular formula is C38H48ClN3O7. The van der Waals surface area contributed by atoms with Gasteiger partial charge in [-0.1, -0.05) is 48.7 Å². The van der Waals surface area contributed by atoms with Crippen LogP contribution >= 0.6 is 11.6 Å². The maximum Gasteiger partial charge on any atom is 0.408 e. The van der Waals surface area contributed by atoms with E-state index in [0.717, 1.165) is 30.4 Å². The SMILES string of the molecule is C=CCCCCC[C@H](NC(=O)OC(C)(C)C)C(=O)N1Cc2ccc(Oc3cccc(Cl)c3)cc2CC1C(=O)N[C@]1(C(=O)OCC)C[C@H]1C=C. The van der Waals surface area contributed by atoms with Crippen LogP contribution in [0.5, 0.6) is 11.5 Å². The van der Waals surface area contributed by atoms with E-state index in [1.807, 2.05) is 18.2 Å². The number of allylic oxidation sites excluding steroid dienone is 1. The molecule has 11 heteroatoms. The second-order valence-corrected chi connectivity index (χ2v) is 14.0. The van der Waals surface area contributed by atoms with E-state index < -0.39 is 47.1 Å². The summed E-state index contributed by atoms with van der Waals surface area (Å²) >= 11 is 6.15. The van der Waals surface area contributed by atoms with Crippen LogP contribution in [0.1, 0.15) is 77.3 Å². The lowest BCUT2D eigenvalue weighted by atomic mass is 9.91. The van der Waals surface area contributed by atoms with Crippen molar-refractivity contribution in [3.63, 3.8) is 0 Å². The summed E-state index contributed by atoms with van der Waals surface area (Å²) in [6, 6.07) is 10.6. The number of nitrogens with zero attached hydrogens (tertiary/aromatic N) is 1. The average molecular weight is 694 g/mol. The lowest BCUT2D eigenvalue weighted by Gasteiger charge is -2.39. The molecule has 0 aromatic heterocycles. The molecule has 264 valence electrons. The number of unbranched alkanes of at least 4 members (excludes halogenated alkanes) is 3. The zero-order chi connectivity index (χ0) is 35.8. The number of ether oxygens (including phenoxy) is 3. The number of hydrogen-bond acceptors (Lipinski definition) is 7. The van der Waals surface area contributed by atoms with Crippen molar-refractivity contribution in [1.29, 1.82) is 0 Å². The van der Waals surface area contributed by atoms with Gasteiger partial charge >= 0.3 is 12.1 Å². The first-order valence-electron chi connectivity index (χ1n) is 16.9. The van der Waals surface area contributed by atoms with E-state index in [0.29, 0.717) is 35.8 Å². The predicted octanol–water partition coefficient (Wildman–Crippen LogP) is 7.04. The van der Waals surface area contributed by atoms with Gasteiger partial charge in [-0.2, -0.15) is 0 Å². The van der Waals surface area contributed by atoms with Crippen LogP contribution in [-0.2, 0) is 36.8 Å². The van der Waals surface area contributed by atoms with Gasteiger partial charge in [-0.3, -0.25) is 9.59 Å². The topological polar surface area (TPSA) is 123 Å². The molecule has 2 aliphatic rings. The summed E-state index contributed by atoms with van der Waals surface area (Å²) < 4.78 is 16.9. The van der Waals surface area contributed by atoms with Crippen molar-refractivity contribution in [1.82, 2.24) is 15.5 Å². The van der Waals surface area contributed by atoms with Gasteiger partial charge in [0.1, 0.15) is 34.7 Å². The highest BCUT2D eigenvalue weighted by atomic mass is 35.5. The van der Waals surface area contributed by atoms with Gasteiger partial charge < -0.3 is 29.7 Å². The fourth-order valence-corrected chi connectivity index (χ4v) is 6.22. The zero-order valence-corrected chi connectivity index (χ0v) is 29.6. The van der Waals surface area contributed by atoms with Gasteiger partial charge in [0.05, 0.1) is 6.61 Å². The number of rotatable bonds is 15. The summed E-state index contributed by atoms with van der Waals surface area (Å²) in [5, 5.41) is 6.24. The summed E-state index contributed by atoms with van der Waals surface area (Å²) in [7, 11) is 0. The number of alkyl carbamates (subject to hydrolysis) is 1. The molecule has 0 spiro atoms. The molecule has 1 aliphatic heterocycles. The third-order valence-corrected chi connectivity index (χ3v) is 8.84. The lowest BCUT2D eigenvalue weighted by Crippen LogP contribution is -2.60. The maximum atomic E-state index is 14.4. The Morgan fingerprint density at radius 2 is 1.82 bits per heavy atom. The van der Waals surface area contributed by atoms with Crippen molar-refractivity contribution in [2.75, 3.05) is 6.61 Å². The van der Waals surface area contributed by atoms with Gasteiger partial charge in [-0.15, -0.1) is 13.2 Å². The molecule has 2 aromatic carbocycles. The first-order chi connectivity index (χ1) is 23.3. The Hall–Kier alpha value is -4.31. The monoisotopic (exact) mass is 693 g/mol. The summed E-state index contributed by atoms with van der Waals surface area (Å²) in [6.07, 6.45) is 6.86. The molecule has 4 rings (SSSR count). The van der Waals surface area contributed by atoms with E-state index in [1.165, 1.54) is 4.90 Å². The van der Waals surface area contributed by atoms with E-state index >= 15 is 0 Å². The van der Waals surface area contributed by atoms with E-state index in [2.05, 4.69) is 23.8 Å². The smallest absolute Gasteiger partial charge is 0.408 e. The van der Waals surface area contributed by atoms with Gasteiger partial charge in [0.25, 0.3) is 0 Å². The second kappa shape index (κ2) is 16.4. The average Bonchev–Trinajstić information content (AvgIpc) is 3.76. The van der Waals surface area contributed by atoms with Gasteiger partial charge in [0.15, 0.2) is 0 Å². The molecule has 1 unspecified atom stereocenters. The highest BCUT2D eigenvalue weighted by molar-refractivity contribution is 6.30. The van der Waals surface area contributed by atoms with Crippen LogP contribution in [0.4, 0.5) is 4.79 Å². The molecule has 0 saturated heterocycles. The fraction of sp³-hybridized carbons (Fsp3) is 0.474. The Bertz CT molecular complexity index is 1550.